The smallest absolute Gasteiger partial charge is 0.282 e. The molecule has 0 saturated heterocycles. The van der Waals surface area contributed by atoms with Gasteiger partial charge in [-0.1, -0.05) is 45.7 Å². The van der Waals surface area contributed by atoms with Crippen molar-refractivity contribution >= 4 is 28.8 Å². The summed E-state index contributed by atoms with van der Waals surface area (Å²) >= 11 is 7.33. The average Bonchev–Trinajstić information content (AvgIpc) is 2.90. The van der Waals surface area contributed by atoms with Crippen LogP contribution in [0.1, 0.15) is 55.8 Å². The summed E-state index contributed by atoms with van der Waals surface area (Å²) in [5, 5.41) is 0.315. The third kappa shape index (κ3) is 4.54. The van der Waals surface area contributed by atoms with Crippen LogP contribution in [0.15, 0.2) is 29.4 Å². The number of carbonyl (C=O) groups excluding carboxylic acids is 1. The van der Waals surface area contributed by atoms with E-state index < -0.39 is 11.7 Å². The van der Waals surface area contributed by atoms with E-state index in [1.165, 1.54) is 29.5 Å². The maximum absolute atomic E-state index is 13.9. The lowest BCUT2D eigenvalue weighted by atomic mass is 9.95. The van der Waals surface area contributed by atoms with Gasteiger partial charge in [0.25, 0.3) is 5.91 Å². The number of hydrogen-bond donors (Lipinski definition) is 0. The molecule has 0 spiro atoms. The summed E-state index contributed by atoms with van der Waals surface area (Å²) in [5.41, 5.74) is -0.133. The summed E-state index contributed by atoms with van der Waals surface area (Å²) in [7, 11) is 0. The van der Waals surface area contributed by atoms with Crippen LogP contribution >= 0.6 is 22.9 Å². The van der Waals surface area contributed by atoms with Crippen LogP contribution in [0.2, 0.25) is 5.02 Å². The van der Waals surface area contributed by atoms with Gasteiger partial charge in [0.1, 0.15) is 5.82 Å². The highest BCUT2D eigenvalue weighted by Crippen LogP contribution is 2.24. The molecule has 1 amide bonds. The van der Waals surface area contributed by atoms with Gasteiger partial charge in [-0.25, -0.2) is 4.39 Å². The molecule has 0 aliphatic rings. The molecule has 0 N–H and O–H groups in total. The fourth-order valence-corrected chi connectivity index (χ4v) is 3.36. The first-order valence-corrected chi connectivity index (χ1v) is 9.16. The van der Waals surface area contributed by atoms with Gasteiger partial charge in [-0.2, -0.15) is 4.99 Å². The first kappa shape index (κ1) is 18.9. The molecule has 3 nitrogen and oxygen atoms in total. The van der Waals surface area contributed by atoms with Gasteiger partial charge in [-0.05, 0) is 30.0 Å². The number of nitrogens with zero attached hydrogens (tertiary/aromatic N) is 2. The van der Waals surface area contributed by atoms with Gasteiger partial charge in [-0.3, -0.25) is 4.79 Å². The van der Waals surface area contributed by atoms with E-state index in [-0.39, 0.29) is 11.0 Å². The van der Waals surface area contributed by atoms with E-state index in [9.17, 15) is 9.18 Å². The molecule has 0 aliphatic carbocycles. The number of aryl methyl sites for hydroxylation is 1. The molecule has 2 rings (SSSR count). The summed E-state index contributed by atoms with van der Waals surface area (Å²) in [6, 6.07) is 3.92. The Morgan fingerprint density at radius 1 is 1.38 bits per heavy atom. The molecule has 0 atom stereocenters. The molecule has 1 heterocycles. The van der Waals surface area contributed by atoms with Crippen LogP contribution in [-0.2, 0) is 12.0 Å². The summed E-state index contributed by atoms with van der Waals surface area (Å²) < 4.78 is 15.9. The highest BCUT2D eigenvalue weighted by Gasteiger charge is 2.18. The van der Waals surface area contributed by atoms with Crippen LogP contribution in [0.5, 0.6) is 0 Å². The lowest BCUT2D eigenvalue weighted by molar-refractivity contribution is 0.0994. The van der Waals surface area contributed by atoms with Gasteiger partial charge >= 0.3 is 0 Å². The maximum Gasteiger partial charge on any atom is 0.282 e. The zero-order valence-electron chi connectivity index (χ0n) is 14.4. The molecule has 0 aliphatic heterocycles. The number of unbranched alkanes of at least 4 members (excludes halogenated alkanes) is 1. The minimum Gasteiger partial charge on any atom is -0.323 e. The van der Waals surface area contributed by atoms with Crippen LogP contribution in [0.25, 0.3) is 0 Å². The summed E-state index contributed by atoms with van der Waals surface area (Å²) in [4.78, 5) is 18.3. The molecule has 0 radical (unpaired) electrons. The van der Waals surface area contributed by atoms with Gasteiger partial charge in [0.2, 0.25) is 0 Å². The van der Waals surface area contributed by atoms with E-state index in [0.29, 0.717) is 9.82 Å². The van der Waals surface area contributed by atoms with E-state index in [2.05, 4.69) is 32.7 Å². The molecule has 0 unspecified atom stereocenters. The molecule has 1 aromatic heterocycles. The Hall–Kier alpha value is -1.46. The number of hydrogen-bond acceptors (Lipinski definition) is 2. The molecule has 2 aromatic rings. The Balaban J connectivity index is 2.48. The largest absolute Gasteiger partial charge is 0.323 e. The SMILES string of the molecule is CCCCn1cc(C(C)(C)C)sc1=NC(=O)c1cc(Cl)ccc1F. The Morgan fingerprint density at radius 3 is 2.71 bits per heavy atom. The zero-order valence-corrected chi connectivity index (χ0v) is 16.0. The summed E-state index contributed by atoms with van der Waals surface area (Å²) in [5.74, 6) is -1.22. The molecule has 0 fully saturated rings. The Kier molecular flexibility index (Phi) is 5.99. The van der Waals surface area contributed by atoms with Crippen molar-refractivity contribution in [1.82, 2.24) is 4.57 Å². The highest BCUT2D eigenvalue weighted by molar-refractivity contribution is 7.09. The highest BCUT2D eigenvalue weighted by atomic mass is 35.5. The molecule has 0 bridgehead atoms. The van der Waals surface area contributed by atoms with Gasteiger partial charge in [0.15, 0.2) is 4.80 Å². The van der Waals surface area contributed by atoms with Crippen LogP contribution in [0.3, 0.4) is 0 Å². The Bertz CT molecular complexity index is 802. The second kappa shape index (κ2) is 7.62. The number of rotatable bonds is 4. The third-order valence-electron chi connectivity index (χ3n) is 3.57. The first-order valence-electron chi connectivity index (χ1n) is 7.97. The predicted molar refractivity (Wildman–Crippen MR) is 97.2 cm³/mol. The van der Waals surface area contributed by atoms with E-state index in [0.717, 1.165) is 24.3 Å². The van der Waals surface area contributed by atoms with Gasteiger partial charge in [0.05, 0.1) is 5.56 Å². The number of benzene rings is 1. The van der Waals surface area contributed by atoms with Crippen molar-refractivity contribution in [2.24, 2.45) is 4.99 Å². The van der Waals surface area contributed by atoms with Crippen molar-refractivity contribution in [1.29, 1.82) is 0 Å². The molecule has 24 heavy (non-hydrogen) atoms. The van der Waals surface area contributed by atoms with Gasteiger partial charge < -0.3 is 4.57 Å². The van der Waals surface area contributed by atoms with Crippen LogP contribution < -0.4 is 4.80 Å². The maximum atomic E-state index is 13.9. The quantitative estimate of drug-likeness (QED) is 0.732. The molecule has 1 aromatic carbocycles. The third-order valence-corrected chi connectivity index (χ3v) is 5.25. The standard InChI is InChI=1S/C18H22ClFN2OS/c1-5-6-9-22-11-15(18(2,3)4)24-17(22)21-16(23)13-10-12(19)7-8-14(13)20/h7-8,10-11H,5-6,9H2,1-4H3. The average molecular weight is 369 g/mol. The van der Waals surface area contributed by atoms with E-state index in [1.807, 2.05) is 10.8 Å². The van der Waals surface area contributed by atoms with E-state index in [1.54, 1.807) is 0 Å². The van der Waals surface area contributed by atoms with E-state index >= 15 is 0 Å². The second-order valence-electron chi connectivity index (χ2n) is 6.72. The van der Waals surface area contributed by atoms with Crippen LogP contribution in [0.4, 0.5) is 4.39 Å². The van der Waals surface area contributed by atoms with Crippen LogP contribution in [-0.4, -0.2) is 10.5 Å². The van der Waals surface area contributed by atoms with Crippen molar-refractivity contribution in [2.75, 3.05) is 0 Å². The number of carbonyl (C=O) groups is 1. The van der Waals surface area contributed by atoms with Crippen LogP contribution in [0, 0.1) is 5.82 Å². The normalized spacial score (nSPS) is 12.7. The fraction of sp³-hybridized carbons (Fsp3) is 0.444. The van der Waals surface area contributed by atoms with Crippen molar-refractivity contribution in [3.63, 3.8) is 0 Å². The number of amides is 1. The monoisotopic (exact) mass is 368 g/mol. The first-order chi connectivity index (χ1) is 11.2. The minimum absolute atomic E-state index is 0.0310. The number of halogens is 2. The molecular weight excluding hydrogens is 347 g/mol. The number of thiazole rings is 1. The molecule has 6 heteroatoms. The number of aromatic nitrogens is 1. The van der Waals surface area contributed by atoms with Crippen molar-refractivity contribution < 1.29 is 9.18 Å². The van der Waals surface area contributed by atoms with Crippen molar-refractivity contribution in [3.8, 4) is 0 Å². The lowest BCUT2D eigenvalue weighted by Gasteiger charge is -2.14. The lowest BCUT2D eigenvalue weighted by Crippen LogP contribution is -2.16. The Labute approximate surface area is 150 Å². The summed E-state index contributed by atoms with van der Waals surface area (Å²) in [6.07, 6.45) is 4.08. The van der Waals surface area contributed by atoms with E-state index in [4.69, 9.17) is 11.6 Å². The van der Waals surface area contributed by atoms with Crippen molar-refractivity contribution in [2.45, 2.75) is 52.5 Å². The zero-order chi connectivity index (χ0) is 17.9. The summed E-state index contributed by atoms with van der Waals surface area (Å²) in [6.45, 7) is 9.25. The molecular formula is C18H22ClFN2OS. The Morgan fingerprint density at radius 2 is 2.08 bits per heavy atom. The van der Waals surface area contributed by atoms with Gasteiger partial charge in [-0.15, -0.1) is 11.3 Å². The molecule has 0 saturated carbocycles. The topological polar surface area (TPSA) is 34.4 Å². The predicted octanol–water partition coefficient (Wildman–Crippen LogP) is 5.18. The minimum atomic E-state index is -0.610. The van der Waals surface area contributed by atoms with Crippen molar-refractivity contribution in [3.05, 3.63) is 50.5 Å². The second-order valence-corrected chi connectivity index (χ2v) is 8.16. The fourth-order valence-electron chi connectivity index (χ4n) is 2.11. The van der Waals surface area contributed by atoms with Gasteiger partial charge in [0, 0.05) is 22.6 Å². The molecule has 130 valence electrons.